The quantitative estimate of drug-likeness (QED) is 0.651. The number of benzene rings is 1. The van der Waals surface area contributed by atoms with Gasteiger partial charge in [0.05, 0.1) is 30.2 Å². The first-order valence-electron chi connectivity index (χ1n) is 10.9. The molecule has 1 atom stereocenters. The average Bonchev–Trinajstić information content (AvgIpc) is 3.45. The van der Waals surface area contributed by atoms with Crippen LogP contribution in [0.15, 0.2) is 36.5 Å². The summed E-state index contributed by atoms with van der Waals surface area (Å²) in [6.07, 6.45) is 3.11. The highest BCUT2D eigenvalue weighted by Crippen LogP contribution is 2.54. The number of morpholine rings is 1. The normalized spacial score (nSPS) is 21.0. The van der Waals surface area contributed by atoms with Crippen molar-refractivity contribution in [1.82, 2.24) is 15.0 Å². The number of sulfone groups is 1. The number of rotatable bonds is 5. The van der Waals surface area contributed by atoms with Gasteiger partial charge in [-0.25, -0.2) is 18.4 Å². The van der Waals surface area contributed by atoms with Crippen LogP contribution in [0, 0.1) is 0 Å². The van der Waals surface area contributed by atoms with Gasteiger partial charge in [-0.2, -0.15) is 0 Å². The maximum absolute atomic E-state index is 13.3. The first-order valence-corrected chi connectivity index (χ1v) is 12.4. The maximum atomic E-state index is 13.3. The van der Waals surface area contributed by atoms with Crippen LogP contribution in [0.5, 0.6) is 0 Å². The van der Waals surface area contributed by atoms with E-state index in [0.717, 1.165) is 28.8 Å². The molecule has 0 unspecified atom stereocenters. The number of hydrogen-bond acceptors (Lipinski definition) is 6. The molecule has 1 aliphatic heterocycles. The first kappa shape index (κ1) is 20.5. The Morgan fingerprint density at radius 2 is 2.03 bits per heavy atom. The molecular formula is C23H28N4O3S. The highest BCUT2D eigenvalue weighted by Gasteiger charge is 2.58. The molecule has 1 saturated heterocycles. The second kappa shape index (κ2) is 7.31. The van der Waals surface area contributed by atoms with Gasteiger partial charge in [-0.3, -0.25) is 0 Å². The van der Waals surface area contributed by atoms with Crippen molar-refractivity contribution in [3.63, 3.8) is 0 Å². The predicted molar refractivity (Wildman–Crippen MR) is 122 cm³/mol. The number of H-pyrrole nitrogens is 1. The van der Waals surface area contributed by atoms with E-state index in [1.165, 1.54) is 0 Å². The van der Waals surface area contributed by atoms with Crippen molar-refractivity contribution in [1.29, 1.82) is 0 Å². The lowest BCUT2D eigenvalue weighted by atomic mass is 10.1. The lowest BCUT2D eigenvalue weighted by Gasteiger charge is -2.35. The molecule has 8 heteroatoms. The predicted octanol–water partition coefficient (Wildman–Crippen LogP) is 3.66. The fourth-order valence-electron chi connectivity index (χ4n) is 4.53. The number of nitrogens with zero attached hydrogens (tertiary/aromatic N) is 3. The second-order valence-electron chi connectivity index (χ2n) is 8.88. The summed E-state index contributed by atoms with van der Waals surface area (Å²) in [5, 5.41) is 0.574. The van der Waals surface area contributed by atoms with E-state index in [1.54, 1.807) is 13.8 Å². The SMILES string of the molecule is CC(C)S(=O)(=O)C1(c2cc(N3CCOC[C@H]3C)nc(-c3cccc4[nH]ccc34)n2)CC1. The molecule has 1 aromatic carbocycles. The van der Waals surface area contributed by atoms with E-state index >= 15 is 0 Å². The zero-order valence-corrected chi connectivity index (χ0v) is 18.9. The molecule has 0 bridgehead atoms. The minimum absolute atomic E-state index is 0.157. The molecule has 3 aromatic rings. The Kier molecular flexibility index (Phi) is 4.82. The van der Waals surface area contributed by atoms with E-state index < -0.39 is 19.8 Å². The van der Waals surface area contributed by atoms with Gasteiger partial charge in [0.2, 0.25) is 0 Å². The Bertz CT molecular complexity index is 1230. The molecule has 164 valence electrons. The van der Waals surface area contributed by atoms with Gasteiger partial charge in [-0.1, -0.05) is 12.1 Å². The molecular weight excluding hydrogens is 412 g/mol. The van der Waals surface area contributed by atoms with E-state index in [2.05, 4.69) is 16.8 Å². The molecule has 2 fully saturated rings. The number of fused-ring (bicyclic) bond motifs is 1. The number of ether oxygens (including phenoxy) is 1. The van der Waals surface area contributed by atoms with E-state index in [-0.39, 0.29) is 6.04 Å². The molecule has 0 radical (unpaired) electrons. The molecule has 0 amide bonds. The number of hydrogen-bond donors (Lipinski definition) is 1. The van der Waals surface area contributed by atoms with E-state index in [0.29, 0.717) is 37.6 Å². The lowest BCUT2D eigenvalue weighted by molar-refractivity contribution is 0.0985. The highest BCUT2D eigenvalue weighted by atomic mass is 32.2. The van der Waals surface area contributed by atoms with Crippen LogP contribution < -0.4 is 4.90 Å². The average molecular weight is 441 g/mol. The molecule has 2 aliphatic rings. The van der Waals surface area contributed by atoms with Crippen LogP contribution in [-0.2, 0) is 19.3 Å². The van der Waals surface area contributed by atoms with Gasteiger partial charge in [0.15, 0.2) is 15.7 Å². The lowest BCUT2D eigenvalue weighted by Crippen LogP contribution is -2.44. The number of aromatic nitrogens is 3. The summed E-state index contributed by atoms with van der Waals surface area (Å²) < 4.78 is 31.3. The third-order valence-corrected chi connectivity index (χ3v) is 9.49. The molecule has 2 aromatic heterocycles. The van der Waals surface area contributed by atoms with Crippen LogP contribution in [0.3, 0.4) is 0 Å². The summed E-state index contributed by atoms with van der Waals surface area (Å²) in [7, 11) is -3.35. The van der Waals surface area contributed by atoms with Crippen molar-refractivity contribution in [2.45, 2.75) is 49.7 Å². The number of aromatic amines is 1. The molecule has 5 rings (SSSR count). The Morgan fingerprint density at radius 1 is 1.23 bits per heavy atom. The minimum Gasteiger partial charge on any atom is -0.377 e. The van der Waals surface area contributed by atoms with Crippen LogP contribution >= 0.6 is 0 Å². The van der Waals surface area contributed by atoms with Crippen LogP contribution in [0.4, 0.5) is 5.82 Å². The summed E-state index contributed by atoms with van der Waals surface area (Å²) in [6.45, 7) is 7.58. The van der Waals surface area contributed by atoms with Crippen LogP contribution in [0.25, 0.3) is 22.3 Å². The van der Waals surface area contributed by atoms with E-state index in [9.17, 15) is 8.42 Å². The third-order valence-electron chi connectivity index (χ3n) is 6.55. The summed E-state index contributed by atoms with van der Waals surface area (Å²) in [6, 6.07) is 10.0. The molecule has 1 N–H and O–H groups in total. The molecule has 3 heterocycles. The van der Waals surface area contributed by atoms with Crippen molar-refractivity contribution in [3.8, 4) is 11.4 Å². The van der Waals surface area contributed by atoms with Crippen molar-refractivity contribution in [3.05, 3.63) is 42.2 Å². The summed E-state index contributed by atoms with van der Waals surface area (Å²) >= 11 is 0. The fraction of sp³-hybridized carbons (Fsp3) is 0.478. The zero-order valence-electron chi connectivity index (χ0n) is 18.1. The topological polar surface area (TPSA) is 88.2 Å². The summed E-state index contributed by atoms with van der Waals surface area (Å²) in [4.78, 5) is 15.2. The first-order chi connectivity index (χ1) is 14.8. The van der Waals surface area contributed by atoms with Gasteiger partial charge in [0, 0.05) is 35.3 Å². The van der Waals surface area contributed by atoms with Crippen molar-refractivity contribution < 1.29 is 13.2 Å². The van der Waals surface area contributed by atoms with E-state index in [1.807, 2.05) is 36.5 Å². The van der Waals surface area contributed by atoms with Crippen molar-refractivity contribution >= 4 is 26.6 Å². The Hall–Kier alpha value is -2.45. The van der Waals surface area contributed by atoms with Crippen molar-refractivity contribution in [2.24, 2.45) is 0 Å². The van der Waals surface area contributed by atoms with Crippen LogP contribution in [0.1, 0.15) is 39.3 Å². The van der Waals surface area contributed by atoms with Crippen molar-refractivity contribution in [2.75, 3.05) is 24.7 Å². The standard InChI is InChI=1S/C23H28N4O3S/c1-15(2)31(28,29)23(8-9-23)20-13-21(27-11-12-30-14-16(27)3)26-22(25-20)18-5-4-6-19-17(18)7-10-24-19/h4-7,10,13,15-16,24H,8-9,11-12,14H2,1-3H3/t16-/m1/s1. The number of anilines is 1. The molecule has 0 spiro atoms. The van der Waals surface area contributed by atoms with Crippen LogP contribution in [0.2, 0.25) is 0 Å². The highest BCUT2D eigenvalue weighted by molar-refractivity contribution is 7.93. The largest absolute Gasteiger partial charge is 0.377 e. The number of nitrogens with one attached hydrogen (secondary N) is 1. The monoisotopic (exact) mass is 440 g/mol. The maximum Gasteiger partial charge on any atom is 0.164 e. The van der Waals surface area contributed by atoms with Gasteiger partial charge in [0.25, 0.3) is 0 Å². The smallest absolute Gasteiger partial charge is 0.164 e. The van der Waals surface area contributed by atoms with Gasteiger partial charge < -0.3 is 14.6 Å². The van der Waals surface area contributed by atoms with Crippen LogP contribution in [-0.4, -0.2) is 54.4 Å². The zero-order chi connectivity index (χ0) is 21.8. The van der Waals surface area contributed by atoms with Gasteiger partial charge in [0.1, 0.15) is 10.6 Å². The Balaban J connectivity index is 1.71. The van der Waals surface area contributed by atoms with Gasteiger partial charge >= 0.3 is 0 Å². The fourth-order valence-corrected chi connectivity index (χ4v) is 6.50. The molecule has 1 saturated carbocycles. The molecule has 31 heavy (non-hydrogen) atoms. The van der Waals surface area contributed by atoms with Gasteiger partial charge in [-0.05, 0) is 45.7 Å². The van der Waals surface area contributed by atoms with E-state index in [4.69, 9.17) is 14.7 Å². The molecule has 1 aliphatic carbocycles. The molecule has 7 nitrogen and oxygen atoms in total. The summed E-state index contributed by atoms with van der Waals surface area (Å²) in [5.41, 5.74) is 2.52. The Morgan fingerprint density at radius 3 is 2.74 bits per heavy atom. The van der Waals surface area contributed by atoms with Gasteiger partial charge in [-0.15, -0.1) is 0 Å². The minimum atomic E-state index is -3.35. The summed E-state index contributed by atoms with van der Waals surface area (Å²) in [5.74, 6) is 1.34. The third kappa shape index (κ3) is 3.24. The second-order valence-corrected chi connectivity index (χ2v) is 11.7. The Labute approximate surface area is 182 Å².